The summed E-state index contributed by atoms with van der Waals surface area (Å²) < 4.78 is 0. The topological polar surface area (TPSA) is 57.5 Å². The van der Waals surface area contributed by atoms with E-state index < -0.39 is 5.97 Å². The Morgan fingerprint density at radius 1 is 1.38 bits per heavy atom. The molecule has 0 bridgehead atoms. The van der Waals surface area contributed by atoms with Crippen molar-refractivity contribution >= 4 is 12.0 Å². The molecule has 0 fully saturated rings. The highest BCUT2D eigenvalue weighted by atomic mass is 16.4. The molecule has 3 nitrogen and oxygen atoms in total. The van der Waals surface area contributed by atoms with Gasteiger partial charge in [-0.3, -0.25) is 0 Å². The second-order valence-electron chi connectivity index (χ2n) is 5.81. The minimum absolute atomic E-state index is 0.240. The van der Waals surface area contributed by atoms with Gasteiger partial charge in [0.25, 0.3) is 0 Å². The van der Waals surface area contributed by atoms with Gasteiger partial charge in [-0.25, -0.2) is 4.79 Å². The van der Waals surface area contributed by atoms with Crippen LogP contribution >= 0.6 is 0 Å². The molecule has 3 heteroatoms. The van der Waals surface area contributed by atoms with Crippen molar-refractivity contribution in [3.8, 4) is 0 Å². The summed E-state index contributed by atoms with van der Waals surface area (Å²) in [4.78, 5) is 10.5. The highest BCUT2D eigenvalue weighted by molar-refractivity contribution is 5.80. The third-order valence-corrected chi connectivity index (χ3v) is 4.15. The highest BCUT2D eigenvalue weighted by Gasteiger charge is 2.25. The molecule has 1 aliphatic carbocycles. The third-order valence-electron chi connectivity index (χ3n) is 4.15. The second kappa shape index (κ2) is 6.72. The Hall–Kier alpha value is -1.87. The summed E-state index contributed by atoms with van der Waals surface area (Å²) >= 11 is 0. The van der Waals surface area contributed by atoms with Crippen LogP contribution in [0.15, 0.2) is 30.4 Å². The number of aliphatic carboxylic acids is 1. The molecule has 0 saturated heterocycles. The first kappa shape index (κ1) is 15.5. The maximum atomic E-state index is 10.5. The van der Waals surface area contributed by atoms with Gasteiger partial charge in [0, 0.05) is 12.7 Å². The molecule has 0 saturated carbocycles. The first-order valence-corrected chi connectivity index (χ1v) is 7.33. The van der Waals surface area contributed by atoms with Crippen LogP contribution in [0.4, 0.5) is 0 Å². The largest absolute Gasteiger partial charge is 0.478 e. The van der Waals surface area contributed by atoms with Gasteiger partial charge in [-0.1, -0.05) is 37.3 Å². The van der Waals surface area contributed by atoms with Gasteiger partial charge in [0.1, 0.15) is 0 Å². The Balaban J connectivity index is 2.36. The van der Waals surface area contributed by atoms with Gasteiger partial charge in [0.2, 0.25) is 0 Å². The van der Waals surface area contributed by atoms with Crippen LogP contribution in [0.3, 0.4) is 0 Å². The SMILES string of the molecule is Cc1ccc2c(c1/C=C/C=C/C(=O)O)[C@H](C)C[C@H](CO)C2. The van der Waals surface area contributed by atoms with Crippen molar-refractivity contribution in [1.29, 1.82) is 0 Å². The van der Waals surface area contributed by atoms with Crippen molar-refractivity contribution in [2.75, 3.05) is 6.61 Å². The minimum Gasteiger partial charge on any atom is -0.478 e. The maximum Gasteiger partial charge on any atom is 0.328 e. The lowest BCUT2D eigenvalue weighted by molar-refractivity contribution is -0.131. The van der Waals surface area contributed by atoms with Gasteiger partial charge < -0.3 is 10.2 Å². The molecule has 0 unspecified atom stereocenters. The number of hydrogen-bond donors (Lipinski definition) is 2. The van der Waals surface area contributed by atoms with E-state index in [2.05, 4.69) is 26.0 Å². The van der Waals surface area contributed by atoms with Crippen molar-refractivity contribution in [1.82, 2.24) is 0 Å². The monoisotopic (exact) mass is 286 g/mol. The van der Waals surface area contributed by atoms with E-state index >= 15 is 0 Å². The Kier molecular flexibility index (Phi) is 4.97. The van der Waals surface area contributed by atoms with E-state index in [9.17, 15) is 9.90 Å². The molecular formula is C18H22O3. The van der Waals surface area contributed by atoms with Crippen molar-refractivity contribution in [2.45, 2.75) is 32.6 Å². The molecule has 0 amide bonds. The Morgan fingerprint density at radius 3 is 2.81 bits per heavy atom. The summed E-state index contributed by atoms with van der Waals surface area (Å²) in [6.45, 7) is 4.51. The van der Waals surface area contributed by atoms with Gasteiger partial charge >= 0.3 is 5.97 Å². The van der Waals surface area contributed by atoms with E-state index in [1.54, 1.807) is 12.2 Å². The van der Waals surface area contributed by atoms with Gasteiger partial charge in [-0.15, -0.1) is 0 Å². The lowest BCUT2D eigenvalue weighted by Crippen LogP contribution is -2.21. The van der Waals surface area contributed by atoms with Crippen LogP contribution in [0.5, 0.6) is 0 Å². The number of carboxylic acids is 1. The summed E-state index contributed by atoms with van der Waals surface area (Å²) in [5, 5.41) is 18.0. The standard InChI is InChI=1S/C18H22O3/c1-12-7-8-15-10-14(11-19)9-13(2)18(15)16(12)5-3-4-6-17(20)21/h3-8,13-14,19H,9-11H2,1-2H3,(H,20,21)/b5-3+,6-4+/t13-,14+/m1/s1. The number of carbonyl (C=O) groups is 1. The van der Waals surface area contributed by atoms with Crippen LogP contribution in [0.25, 0.3) is 6.08 Å². The van der Waals surface area contributed by atoms with Crippen LogP contribution < -0.4 is 0 Å². The van der Waals surface area contributed by atoms with Crippen LogP contribution in [-0.4, -0.2) is 22.8 Å². The van der Waals surface area contributed by atoms with Crippen molar-refractivity contribution in [2.24, 2.45) is 5.92 Å². The van der Waals surface area contributed by atoms with Crippen LogP contribution in [0.2, 0.25) is 0 Å². The third kappa shape index (κ3) is 3.61. The number of aliphatic hydroxyl groups is 1. The molecule has 2 rings (SSSR count). The molecule has 2 N–H and O–H groups in total. The number of aryl methyl sites for hydroxylation is 1. The number of carboxylic acid groups (broad SMARTS) is 1. The van der Waals surface area contributed by atoms with Gasteiger partial charge in [-0.05, 0) is 53.9 Å². The summed E-state index contributed by atoms with van der Waals surface area (Å²) in [5.74, 6) is -0.182. The highest BCUT2D eigenvalue weighted by Crippen LogP contribution is 2.38. The average Bonchev–Trinajstić information content (AvgIpc) is 2.45. The Bertz CT molecular complexity index is 584. The fourth-order valence-corrected chi connectivity index (χ4v) is 3.21. The van der Waals surface area contributed by atoms with E-state index in [-0.39, 0.29) is 6.61 Å². The number of allylic oxidation sites excluding steroid dienone is 2. The lowest BCUT2D eigenvalue weighted by Gasteiger charge is -2.30. The Labute approximate surface area is 125 Å². The van der Waals surface area contributed by atoms with Crippen LogP contribution in [-0.2, 0) is 11.2 Å². The van der Waals surface area contributed by atoms with E-state index in [0.29, 0.717) is 11.8 Å². The number of fused-ring (bicyclic) bond motifs is 1. The molecule has 0 spiro atoms. The van der Waals surface area contributed by atoms with E-state index in [1.807, 2.05) is 6.08 Å². The summed E-state index contributed by atoms with van der Waals surface area (Å²) in [6, 6.07) is 4.26. The fourth-order valence-electron chi connectivity index (χ4n) is 3.21. The second-order valence-corrected chi connectivity index (χ2v) is 5.81. The number of benzene rings is 1. The molecule has 1 aromatic rings. The first-order valence-electron chi connectivity index (χ1n) is 7.33. The first-order chi connectivity index (χ1) is 10.0. The summed E-state index contributed by atoms with van der Waals surface area (Å²) in [7, 11) is 0. The van der Waals surface area contributed by atoms with E-state index in [4.69, 9.17) is 5.11 Å². The molecule has 0 radical (unpaired) electrons. The number of aliphatic hydroxyl groups excluding tert-OH is 1. The molecule has 0 aromatic heterocycles. The lowest BCUT2D eigenvalue weighted by atomic mass is 9.75. The zero-order valence-corrected chi connectivity index (χ0v) is 12.5. The average molecular weight is 286 g/mol. The van der Waals surface area contributed by atoms with E-state index in [1.165, 1.54) is 22.3 Å². The zero-order valence-electron chi connectivity index (χ0n) is 12.5. The molecule has 112 valence electrons. The Morgan fingerprint density at radius 2 is 2.14 bits per heavy atom. The summed E-state index contributed by atoms with van der Waals surface area (Å²) in [5.41, 5.74) is 5.04. The van der Waals surface area contributed by atoms with Crippen LogP contribution in [0, 0.1) is 12.8 Å². The van der Waals surface area contributed by atoms with Crippen molar-refractivity contribution in [3.63, 3.8) is 0 Å². The van der Waals surface area contributed by atoms with Gasteiger partial charge in [-0.2, -0.15) is 0 Å². The quantitative estimate of drug-likeness (QED) is 0.659. The smallest absolute Gasteiger partial charge is 0.328 e. The fraction of sp³-hybridized carbons (Fsp3) is 0.389. The molecule has 21 heavy (non-hydrogen) atoms. The molecule has 1 aliphatic rings. The van der Waals surface area contributed by atoms with E-state index in [0.717, 1.165) is 18.9 Å². The summed E-state index contributed by atoms with van der Waals surface area (Å²) in [6.07, 6.45) is 8.36. The predicted molar refractivity (Wildman–Crippen MR) is 84.3 cm³/mol. The maximum absolute atomic E-state index is 10.5. The zero-order chi connectivity index (χ0) is 15.4. The van der Waals surface area contributed by atoms with Crippen molar-refractivity contribution in [3.05, 3.63) is 52.6 Å². The van der Waals surface area contributed by atoms with Crippen LogP contribution in [0.1, 0.15) is 41.5 Å². The van der Waals surface area contributed by atoms with Gasteiger partial charge in [0.15, 0.2) is 0 Å². The number of rotatable bonds is 4. The molecule has 0 heterocycles. The van der Waals surface area contributed by atoms with Crippen molar-refractivity contribution < 1.29 is 15.0 Å². The molecule has 1 aromatic carbocycles. The predicted octanol–water partition coefficient (Wildman–Crippen LogP) is 3.31. The van der Waals surface area contributed by atoms with Gasteiger partial charge in [0.05, 0.1) is 0 Å². The normalized spacial score (nSPS) is 21.9. The molecular weight excluding hydrogens is 264 g/mol. The molecule has 2 atom stereocenters. The molecule has 0 aliphatic heterocycles. The minimum atomic E-state index is -0.939. The number of hydrogen-bond acceptors (Lipinski definition) is 2.